The highest BCUT2D eigenvalue weighted by Crippen LogP contribution is 2.63. The molecule has 0 bridgehead atoms. The van der Waals surface area contributed by atoms with Gasteiger partial charge < -0.3 is 0 Å². The van der Waals surface area contributed by atoms with Gasteiger partial charge in [0.05, 0.1) is 5.41 Å². The molecule has 0 aliphatic heterocycles. The van der Waals surface area contributed by atoms with Gasteiger partial charge in [0.1, 0.15) is 0 Å². The fourth-order valence-electron chi connectivity index (χ4n) is 4.95. The first-order valence-corrected chi connectivity index (χ1v) is 9.28. The standard InChI is InChI=1S/C26H24/c1-5-13-19-18(6-2)22(7-3)26(23(19)8-4)24-16-11-9-14-20(24)21-15-10-12-17-25(21)26/h5-17H,4H2,1-3H3/b13-5-,18-6-,22-7+. The van der Waals surface area contributed by atoms with Crippen molar-refractivity contribution in [2.24, 2.45) is 0 Å². The maximum atomic E-state index is 4.23. The van der Waals surface area contributed by atoms with Gasteiger partial charge in [-0.25, -0.2) is 0 Å². The van der Waals surface area contributed by atoms with Crippen LogP contribution in [0.15, 0.2) is 108 Å². The van der Waals surface area contributed by atoms with E-state index in [1.807, 2.05) is 0 Å². The molecule has 0 amide bonds. The summed E-state index contributed by atoms with van der Waals surface area (Å²) < 4.78 is 0. The highest BCUT2D eigenvalue weighted by molar-refractivity contribution is 5.91. The fourth-order valence-corrected chi connectivity index (χ4v) is 4.95. The average Bonchev–Trinajstić information content (AvgIpc) is 3.13. The Labute approximate surface area is 156 Å². The molecule has 0 radical (unpaired) electrons. The van der Waals surface area contributed by atoms with E-state index in [4.69, 9.17) is 0 Å². The molecule has 0 aromatic heterocycles. The number of fused-ring (bicyclic) bond motifs is 5. The molecule has 0 fully saturated rings. The van der Waals surface area contributed by atoms with Crippen molar-refractivity contribution in [3.63, 3.8) is 0 Å². The van der Waals surface area contributed by atoms with Crippen LogP contribution in [0.3, 0.4) is 0 Å². The van der Waals surface area contributed by atoms with Gasteiger partial charge in [-0.15, -0.1) is 0 Å². The minimum atomic E-state index is -0.264. The molecule has 26 heavy (non-hydrogen) atoms. The molecule has 0 atom stereocenters. The molecule has 0 heterocycles. The van der Waals surface area contributed by atoms with Crippen LogP contribution >= 0.6 is 0 Å². The van der Waals surface area contributed by atoms with Gasteiger partial charge >= 0.3 is 0 Å². The molecule has 128 valence electrons. The molecule has 4 rings (SSSR count). The number of hydrogen-bond acceptors (Lipinski definition) is 0. The van der Waals surface area contributed by atoms with Gasteiger partial charge in [0.15, 0.2) is 0 Å². The Bertz CT molecular complexity index is 976. The maximum Gasteiger partial charge on any atom is 0.0722 e. The molecule has 0 N–H and O–H groups in total. The topological polar surface area (TPSA) is 0 Å². The van der Waals surface area contributed by atoms with E-state index in [2.05, 4.69) is 106 Å². The molecular weight excluding hydrogens is 312 g/mol. The fraction of sp³-hybridized carbons (Fsp3) is 0.154. The molecule has 2 aromatic rings. The lowest BCUT2D eigenvalue weighted by molar-refractivity contribution is 0.781. The zero-order valence-electron chi connectivity index (χ0n) is 15.7. The van der Waals surface area contributed by atoms with E-state index in [-0.39, 0.29) is 5.41 Å². The van der Waals surface area contributed by atoms with E-state index in [1.54, 1.807) is 0 Å². The number of benzene rings is 2. The smallest absolute Gasteiger partial charge is 0.0722 e. The van der Waals surface area contributed by atoms with Crippen molar-refractivity contribution in [2.75, 3.05) is 0 Å². The molecular formula is C26H24. The van der Waals surface area contributed by atoms with Crippen molar-refractivity contribution in [3.05, 3.63) is 119 Å². The van der Waals surface area contributed by atoms with Crippen LogP contribution in [0, 0.1) is 0 Å². The van der Waals surface area contributed by atoms with Gasteiger partial charge in [-0.3, -0.25) is 0 Å². The molecule has 0 unspecified atom stereocenters. The third-order valence-corrected chi connectivity index (χ3v) is 5.75. The van der Waals surface area contributed by atoms with Crippen LogP contribution in [0.5, 0.6) is 0 Å². The summed E-state index contributed by atoms with van der Waals surface area (Å²) >= 11 is 0. The Hall–Kier alpha value is -2.86. The normalized spacial score (nSPS) is 20.4. The molecule has 1 spiro atoms. The van der Waals surface area contributed by atoms with Crippen molar-refractivity contribution in [1.82, 2.24) is 0 Å². The second-order valence-corrected chi connectivity index (χ2v) is 6.78. The summed E-state index contributed by atoms with van der Waals surface area (Å²) in [5.74, 6) is 0. The first kappa shape index (κ1) is 16.6. The van der Waals surface area contributed by atoms with Gasteiger partial charge in [0.2, 0.25) is 0 Å². The lowest BCUT2D eigenvalue weighted by atomic mass is 9.69. The molecule has 2 aliphatic carbocycles. The monoisotopic (exact) mass is 336 g/mol. The predicted octanol–water partition coefficient (Wildman–Crippen LogP) is 6.92. The van der Waals surface area contributed by atoms with E-state index in [0.29, 0.717) is 0 Å². The van der Waals surface area contributed by atoms with E-state index >= 15 is 0 Å². The van der Waals surface area contributed by atoms with Gasteiger partial charge in [0, 0.05) is 0 Å². The van der Waals surface area contributed by atoms with Gasteiger partial charge in [-0.05, 0) is 65.3 Å². The Balaban J connectivity index is 2.24. The third-order valence-electron chi connectivity index (χ3n) is 5.75. The first-order valence-electron chi connectivity index (χ1n) is 9.28. The first-order chi connectivity index (χ1) is 12.7. The van der Waals surface area contributed by atoms with Crippen molar-refractivity contribution in [2.45, 2.75) is 26.2 Å². The second kappa shape index (κ2) is 6.14. The van der Waals surface area contributed by atoms with Gasteiger partial charge in [0.25, 0.3) is 0 Å². The summed E-state index contributed by atoms with van der Waals surface area (Å²) in [7, 11) is 0. The second-order valence-electron chi connectivity index (χ2n) is 6.78. The lowest BCUT2D eigenvalue weighted by Crippen LogP contribution is -2.26. The van der Waals surface area contributed by atoms with Gasteiger partial charge in [-0.1, -0.05) is 85.5 Å². The molecule has 0 saturated carbocycles. The van der Waals surface area contributed by atoms with Crippen LogP contribution < -0.4 is 0 Å². The molecule has 0 saturated heterocycles. The Morgan fingerprint density at radius 3 is 1.85 bits per heavy atom. The zero-order chi connectivity index (χ0) is 18.3. The summed E-state index contributed by atoms with van der Waals surface area (Å²) in [6.45, 7) is 10.6. The SMILES string of the molecule is C=CC1=C(/C=C\C)C(=C/C)/C(=C\C)C12c1ccccc1-c1ccccc12. The van der Waals surface area contributed by atoms with Crippen molar-refractivity contribution < 1.29 is 0 Å². The van der Waals surface area contributed by atoms with Crippen LogP contribution in [0.2, 0.25) is 0 Å². The molecule has 0 heteroatoms. The Kier molecular flexibility index (Phi) is 3.92. The van der Waals surface area contributed by atoms with Crippen molar-refractivity contribution >= 4 is 0 Å². The average molecular weight is 336 g/mol. The summed E-state index contributed by atoms with van der Waals surface area (Å²) in [6.07, 6.45) is 10.9. The van der Waals surface area contributed by atoms with E-state index < -0.39 is 0 Å². The Morgan fingerprint density at radius 2 is 1.38 bits per heavy atom. The van der Waals surface area contributed by atoms with Gasteiger partial charge in [-0.2, -0.15) is 0 Å². The number of rotatable bonds is 2. The van der Waals surface area contributed by atoms with Crippen LogP contribution in [0.25, 0.3) is 11.1 Å². The Morgan fingerprint density at radius 1 is 0.808 bits per heavy atom. The lowest BCUT2D eigenvalue weighted by Gasteiger charge is -2.32. The number of allylic oxidation sites excluding steroid dienone is 9. The maximum absolute atomic E-state index is 4.23. The van der Waals surface area contributed by atoms with Crippen molar-refractivity contribution in [3.8, 4) is 11.1 Å². The van der Waals surface area contributed by atoms with Crippen molar-refractivity contribution in [1.29, 1.82) is 0 Å². The van der Waals surface area contributed by atoms with E-state index in [1.165, 1.54) is 44.5 Å². The molecule has 2 aliphatic rings. The van der Waals surface area contributed by atoms with E-state index in [0.717, 1.165) is 0 Å². The minimum absolute atomic E-state index is 0.264. The minimum Gasteiger partial charge on any atom is -0.0987 e. The predicted molar refractivity (Wildman–Crippen MR) is 112 cm³/mol. The summed E-state index contributed by atoms with van der Waals surface area (Å²) in [5, 5.41) is 0. The summed E-state index contributed by atoms with van der Waals surface area (Å²) in [4.78, 5) is 0. The highest BCUT2D eigenvalue weighted by atomic mass is 14.5. The van der Waals surface area contributed by atoms with Crippen LogP contribution in [-0.4, -0.2) is 0 Å². The largest absolute Gasteiger partial charge is 0.0987 e. The molecule has 2 aromatic carbocycles. The van der Waals surface area contributed by atoms with Crippen LogP contribution in [0.4, 0.5) is 0 Å². The number of hydrogen-bond donors (Lipinski definition) is 0. The van der Waals surface area contributed by atoms with Crippen LogP contribution in [-0.2, 0) is 5.41 Å². The summed E-state index contributed by atoms with van der Waals surface area (Å²) in [5.41, 5.74) is 10.4. The van der Waals surface area contributed by atoms with Crippen LogP contribution in [0.1, 0.15) is 31.9 Å². The highest BCUT2D eigenvalue weighted by Gasteiger charge is 2.52. The zero-order valence-corrected chi connectivity index (χ0v) is 15.7. The quantitative estimate of drug-likeness (QED) is 0.558. The van der Waals surface area contributed by atoms with E-state index in [9.17, 15) is 0 Å². The summed E-state index contributed by atoms with van der Waals surface area (Å²) in [6, 6.07) is 17.7. The third kappa shape index (κ3) is 1.85. The molecule has 0 nitrogen and oxygen atoms in total.